The van der Waals surface area contributed by atoms with Gasteiger partial charge in [0.25, 0.3) is 0 Å². The largest absolute Gasteiger partial charge is 0.619 e. The first-order chi connectivity index (χ1) is 10.3. The van der Waals surface area contributed by atoms with Crippen molar-refractivity contribution in [3.05, 3.63) is 58.6 Å². The summed E-state index contributed by atoms with van der Waals surface area (Å²) >= 11 is 0. The van der Waals surface area contributed by atoms with Crippen LogP contribution in [0, 0.1) is 19.1 Å². The molecule has 0 aliphatic heterocycles. The number of hydrogen-bond acceptors (Lipinski definition) is 4. The molecule has 118 valence electrons. The Kier molecular flexibility index (Phi) is 4.68. The van der Waals surface area contributed by atoms with Gasteiger partial charge in [-0.25, -0.2) is 13.1 Å². The van der Waals surface area contributed by atoms with Crippen LogP contribution >= 0.6 is 0 Å². The highest BCUT2D eigenvalue weighted by Crippen LogP contribution is 2.26. The summed E-state index contributed by atoms with van der Waals surface area (Å²) in [5.74, 6) is 0.675. The normalized spacial score (nSPS) is 11.4. The molecule has 0 unspecified atom stereocenters. The Hall–Kier alpha value is -2.12. The van der Waals surface area contributed by atoms with Gasteiger partial charge in [-0.1, -0.05) is 0 Å². The number of aromatic nitrogens is 1. The topological polar surface area (TPSA) is 82.3 Å². The Bertz CT molecular complexity index is 765. The van der Waals surface area contributed by atoms with Gasteiger partial charge in [0.1, 0.15) is 5.75 Å². The molecule has 22 heavy (non-hydrogen) atoms. The van der Waals surface area contributed by atoms with Gasteiger partial charge >= 0.3 is 0 Å². The van der Waals surface area contributed by atoms with E-state index in [0.29, 0.717) is 16.0 Å². The number of benzene rings is 1. The highest BCUT2D eigenvalue weighted by molar-refractivity contribution is 7.89. The van der Waals surface area contributed by atoms with E-state index in [4.69, 9.17) is 4.74 Å². The fourth-order valence-electron chi connectivity index (χ4n) is 2.25. The van der Waals surface area contributed by atoms with Gasteiger partial charge in [-0.3, -0.25) is 0 Å². The molecule has 0 saturated carbocycles. The third-order valence-corrected chi connectivity index (χ3v) is 4.63. The zero-order chi connectivity index (χ0) is 16.3. The average Bonchev–Trinajstić information content (AvgIpc) is 2.45. The average molecular weight is 322 g/mol. The second-order valence-electron chi connectivity index (χ2n) is 4.99. The SMILES string of the molecule is COc1c(C)cc(S(=O)(=O)NCc2ccc[n+]([O-])c2)cc1C. The summed E-state index contributed by atoms with van der Waals surface area (Å²) in [7, 11) is -2.11. The van der Waals surface area contributed by atoms with Crippen LogP contribution in [0.4, 0.5) is 0 Å². The molecule has 1 heterocycles. The van der Waals surface area contributed by atoms with E-state index in [1.807, 2.05) is 0 Å². The number of ether oxygens (including phenoxy) is 1. The fraction of sp³-hybridized carbons (Fsp3) is 0.267. The maximum atomic E-state index is 12.4. The number of aryl methyl sites for hydroxylation is 2. The van der Waals surface area contributed by atoms with Crippen LogP contribution in [0.2, 0.25) is 0 Å². The number of sulfonamides is 1. The van der Waals surface area contributed by atoms with Gasteiger partial charge < -0.3 is 9.94 Å². The van der Waals surface area contributed by atoms with Gasteiger partial charge in [-0.05, 0) is 43.2 Å². The lowest BCUT2D eigenvalue weighted by Crippen LogP contribution is -2.28. The number of rotatable bonds is 5. The van der Waals surface area contributed by atoms with Crippen LogP contribution in [0.5, 0.6) is 5.75 Å². The van der Waals surface area contributed by atoms with Crippen molar-refractivity contribution in [2.75, 3.05) is 7.11 Å². The van der Waals surface area contributed by atoms with Crippen molar-refractivity contribution in [3.63, 3.8) is 0 Å². The van der Waals surface area contributed by atoms with E-state index < -0.39 is 10.0 Å². The van der Waals surface area contributed by atoms with E-state index in [0.717, 1.165) is 11.1 Å². The molecule has 2 rings (SSSR count). The molecule has 0 atom stereocenters. The first-order valence-electron chi connectivity index (χ1n) is 6.66. The van der Waals surface area contributed by atoms with E-state index in [1.165, 1.54) is 12.4 Å². The maximum absolute atomic E-state index is 12.4. The number of nitrogens with zero attached hydrogens (tertiary/aromatic N) is 1. The van der Waals surface area contributed by atoms with Crippen molar-refractivity contribution < 1.29 is 17.9 Å². The number of nitrogens with one attached hydrogen (secondary N) is 1. The summed E-state index contributed by atoms with van der Waals surface area (Å²) in [6, 6.07) is 6.37. The Morgan fingerprint density at radius 2 is 1.91 bits per heavy atom. The van der Waals surface area contributed by atoms with Gasteiger partial charge in [0, 0.05) is 18.2 Å². The minimum Gasteiger partial charge on any atom is -0.619 e. The van der Waals surface area contributed by atoms with Crippen molar-refractivity contribution in [1.29, 1.82) is 0 Å². The van der Waals surface area contributed by atoms with E-state index in [9.17, 15) is 13.6 Å². The fourth-order valence-corrected chi connectivity index (χ4v) is 3.44. The smallest absolute Gasteiger partial charge is 0.240 e. The summed E-state index contributed by atoms with van der Waals surface area (Å²) in [4.78, 5) is 0.175. The zero-order valence-electron chi connectivity index (χ0n) is 12.7. The van der Waals surface area contributed by atoms with Gasteiger partial charge in [-0.2, -0.15) is 4.73 Å². The second kappa shape index (κ2) is 6.33. The zero-order valence-corrected chi connectivity index (χ0v) is 13.5. The molecule has 7 heteroatoms. The Morgan fingerprint density at radius 3 is 2.45 bits per heavy atom. The summed E-state index contributed by atoms with van der Waals surface area (Å²) in [6.45, 7) is 3.64. The van der Waals surface area contributed by atoms with E-state index in [2.05, 4.69) is 4.72 Å². The monoisotopic (exact) mass is 322 g/mol. The molecule has 0 aliphatic rings. The lowest BCUT2D eigenvalue weighted by molar-refractivity contribution is -0.605. The minimum absolute atomic E-state index is 0.0511. The quantitative estimate of drug-likeness (QED) is 0.667. The summed E-state index contributed by atoms with van der Waals surface area (Å²) in [5, 5.41) is 11.2. The third-order valence-electron chi connectivity index (χ3n) is 3.25. The molecular formula is C15H18N2O4S. The Balaban J connectivity index is 2.24. The molecule has 6 nitrogen and oxygen atoms in total. The number of pyridine rings is 1. The number of methoxy groups -OCH3 is 1. The second-order valence-corrected chi connectivity index (χ2v) is 6.75. The van der Waals surface area contributed by atoms with Crippen LogP contribution in [0.25, 0.3) is 0 Å². The molecule has 0 saturated heterocycles. The molecule has 0 aliphatic carbocycles. The van der Waals surface area contributed by atoms with Gasteiger partial charge in [0.15, 0.2) is 12.4 Å². The molecule has 1 N–H and O–H groups in total. The highest BCUT2D eigenvalue weighted by Gasteiger charge is 2.17. The van der Waals surface area contributed by atoms with Crippen molar-refractivity contribution in [2.24, 2.45) is 0 Å². The van der Waals surface area contributed by atoms with Crippen molar-refractivity contribution >= 4 is 10.0 Å². The van der Waals surface area contributed by atoms with Gasteiger partial charge in [-0.15, -0.1) is 0 Å². The summed E-state index contributed by atoms with van der Waals surface area (Å²) in [6.07, 6.45) is 2.67. The predicted molar refractivity (Wildman–Crippen MR) is 81.9 cm³/mol. The predicted octanol–water partition coefficient (Wildman–Crippen LogP) is 1.42. The van der Waals surface area contributed by atoms with Crippen LogP contribution < -0.4 is 14.2 Å². The first kappa shape index (κ1) is 16.3. The molecule has 0 fully saturated rings. The first-order valence-corrected chi connectivity index (χ1v) is 8.14. The van der Waals surface area contributed by atoms with E-state index in [1.54, 1.807) is 45.2 Å². The molecular weight excluding hydrogens is 304 g/mol. The van der Waals surface area contributed by atoms with Gasteiger partial charge in [0.2, 0.25) is 10.0 Å². The van der Waals surface area contributed by atoms with Crippen LogP contribution in [0.3, 0.4) is 0 Å². The molecule has 0 amide bonds. The van der Waals surface area contributed by atoms with E-state index >= 15 is 0 Å². The highest BCUT2D eigenvalue weighted by atomic mass is 32.2. The van der Waals surface area contributed by atoms with Gasteiger partial charge in [0.05, 0.1) is 12.0 Å². The summed E-state index contributed by atoms with van der Waals surface area (Å²) < 4.78 is 33.1. The molecule has 1 aromatic carbocycles. The van der Waals surface area contributed by atoms with Crippen molar-refractivity contribution in [3.8, 4) is 5.75 Å². The molecule has 2 aromatic rings. The van der Waals surface area contributed by atoms with Crippen LogP contribution in [0.15, 0.2) is 41.6 Å². The maximum Gasteiger partial charge on any atom is 0.240 e. The summed E-state index contributed by atoms with van der Waals surface area (Å²) in [5.41, 5.74) is 2.09. The Morgan fingerprint density at radius 1 is 1.27 bits per heavy atom. The third kappa shape index (κ3) is 3.55. The van der Waals surface area contributed by atoms with Crippen LogP contribution in [-0.2, 0) is 16.6 Å². The molecule has 1 aromatic heterocycles. The standard InChI is InChI=1S/C15H18N2O4S/c1-11-7-14(8-12(2)15(11)21-3)22(19,20)16-9-13-5-4-6-17(18)10-13/h4-8,10,16H,9H2,1-3H3. The molecule has 0 bridgehead atoms. The Labute approximate surface area is 130 Å². The van der Waals surface area contributed by atoms with E-state index in [-0.39, 0.29) is 11.4 Å². The minimum atomic E-state index is -3.66. The van der Waals surface area contributed by atoms with Crippen molar-refractivity contribution in [2.45, 2.75) is 25.3 Å². The van der Waals surface area contributed by atoms with Crippen molar-refractivity contribution in [1.82, 2.24) is 4.72 Å². The molecule has 0 spiro atoms. The van der Waals surface area contributed by atoms with Crippen LogP contribution in [0.1, 0.15) is 16.7 Å². The molecule has 0 radical (unpaired) electrons. The lowest BCUT2D eigenvalue weighted by atomic mass is 10.1. The number of hydrogen-bond donors (Lipinski definition) is 1. The van der Waals surface area contributed by atoms with Crippen LogP contribution in [-0.4, -0.2) is 15.5 Å². The lowest BCUT2D eigenvalue weighted by Gasteiger charge is -2.12.